The lowest BCUT2D eigenvalue weighted by atomic mass is 10.2. The molecule has 6 nitrogen and oxygen atoms in total. The van der Waals surface area contributed by atoms with Crippen LogP contribution in [0.4, 0.5) is 5.69 Å². The number of ether oxygens (including phenoxy) is 1. The van der Waals surface area contributed by atoms with Crippen molar-refractivity contribution in [1.82, 2.24) is 10.2 Å². The van der Waals surface area contributed by atoms with Gasteiger partial charge in [0.1, 0.15) is 5.75 Å². The van der Waals surface area contributed by atoms with Crippen LogP contribution in [-0.2, 0) is 10.8 Å². The summed E-state index contributed by atoms with van der Waals surface area (Å²) < 4.78 is 17.9. The summed E-state index contributed by atoms with van der Waals surface area (Å²) in [5, 5.41) is 3.38. The smallest absolute Gasteiger partial charge is 0.194 e. The van der Waals surface area contributed by atoms with Crippen LogP contribution in [0, 0.1) is 0 Å². The molecule has 1 atom stereocenters. The maximum absolute atomic E-state index is 12.4. The number of benzene rings is 2. The largest absolute Gasteiger partial charge is 0.495 e. The third-order valence-corrected chi connectivity index (χ3v) is 6.24. The quantitative estimate of drug-likeness (QED) is 0.558. The molecule has 0 amide bonds. The molecule has 1 aliphatic heterocycles. The van der Waals surface area contributed by atoms with E-state index in [0.717, 1.165) is 55.0 Å². The molecule has 156 valence electrons. The van der Waals surface area contributed by atoms with Crippen molar-refractivity contribution in [1.29, 1.82) is 0 Å². The standard InChI is InChI=1S/C22H30N4O2S/c1-3-23-22(24-13-18-29(27)19-9-5-4-6-10-19)26-16-14-25(15-17-26)20-11-7-8-12-21(20)28-2/h4-12H,3,13-18H2,1-2H3,(H,23,24). The summed E-state index contributed by atoms with van der Waals surface area (Å²) >= 11 is 0. The Morgan fingerprint density at radius 3 is 2.45 bits per heavy atom. The molecular formula is C22H30N4O2S. The van der Waals surface area contributed by atoms with Crippen molar-refractivity contribution in [3.63, 3.8) is 0 Å². The molecule has 0 bridgehead atoms. The Labute approximate surface area is 176 Å². The average molecular weight is 415 g/mol. The highest BCUT2D eigenvalue weighted by Crippen LogP contribution is 2.28. The number of anilines is 1. The van der Waals surface area contributed by atoms with Crippen molar-refractivity contribution >= 4 is 22.4 Å². The first-order chi connectivity index (χ1) is 14.2. The second-order valence-corrected chi connectivity index (χ2v) is 8.31. The van der Waals surface area contributed by atoms with E-state index in [1.165, 1.54) is 0 Å². The first kappa shape index (κ1) is 21.2. The topological polar surface area (TPSA) is 57.2 Å². The van der Waals surface area contributed by atoms with Crippen LogP contribution < -0.4 is 15.0 Å². The fraction of sp³-hybridized carbons (Fsp3) is 0.409. The fourth-order valence-electron chi connectivity index (χ4n) is 3.40. The summed E-state index contributed by atoms with van der Waals surface area (Å²) in [6.45, 7) is 6.99. The highest BCUT2D eigenvalue weighted by Gasteiger charge is 2.21. The van der Waals surface area contributed by atoms with Crippen LogP contribution >= 0.6 is 0 Å². The Bertz CT molecular complexity index is 821. The zero-order valence-corrected chi connectivity index (χ0v) is 18.0. The number of hydrogen-bond donors (Lipinski definition) is 1. The number of piperazine rings is 1. The minimum Gasteiger partial charge on any atom is -0.495 e. The molecule has 7 heteroatoms. The zero-order valence-electron chi connectivity index (χ0n) is 17.2. The number of nitrogens with zero attached hydrogens (tertiary/aromatic N) is 3. The lowest BCUT2D eigenvalue weighted by Crippen LogP contribution is -2.52. The molecule has 0 aromatic heterocycles. The monoisotopic (exact) mass is 414 g/mol. The molecule has 0 radical (unpaired) electrons. The third-order valence-electron chi connectivity index (χ3n) is 4.88. The Morgan fingerprint density at radius 1 is 1.07 bits per heavy atom. The molecule has 29 heavy (non-hydrogen) atoms. The minimum atomic E-state index is -1.02. The summed E-state index contributed by atoms with van der Waals surface area (Å²) in [6.07, 6.45) is 0. The van der Waals surface area contributed by atoms with E-state index in [-0.39, 0.29) is 0 Å². The van der Waals surface area contributed by atoms with Gasteiger partial charge in [-0.05, 0) is 31.2 Å². The van der Waals surface area contributed by atoms with Gasteiger partial charge in [-0.25, -0.2) is 0 Å². The van der Waals surface area contributed by atoms with Gasteiger partial charge >= 0.3 is 0 Å². The van der Waals surface area contributed by atoms with E-state index < -0.39 is 10.8 Å². The number of para-hydroxylation sites is 2. The van der Waals surface area contributed by atoms with E-state index in [1.54, 1.807) is 7.11 Å². The van der Waals surface area contributed by atoms with Gasteiger partial charge in [0.25, 0.3) is 0 Å². The molecule has 0 spiro atoms. The molecule has 1 saturated heterocycles. The fourth-order valence-corrected chi connectivity index (χ4v) is 4.35. The number of methoxy groups -OCH3 is 1. The molecule has 2 aromatic rings. The summed E-state index contributed by atoms with van der Waals surface area (Å²) in [6, 6.07) is 17.7. The molecule has 0 aliphatic carbocycles. The lowest BCUT2D eigenvalue weighted by Gasteiger charge is -2.38. The Kier molecular flexibility index (Phi) is 7.93. The van der Waals surface area contributed by atoms with Gasteiger partial charge in [0.15, 0.2) is 5.96 Å². The molecule has 1 N–H and O–H groups in total. The van der Waals surface area contributed by atoms with E-state index in [4.69, 9.17) is 9.73 Å². The number of nitrogens with one attached hydrogen (secondary N) is 1. The van der Waals surface area contributed by atoms with Gasteiger partial charge in [-0.1, -0.05) is 30.3 Å². The first-order valence-corrected chi connectivity index (χ1v) is 11.4. The molecule has 0 saturated carbocycles. The number of hydrogen-bond acceptors (Lipinski definition) is 4. The molecule has 1 aliphatic rings. The summed E-state index contributed by atoms with van der Waals surface area (Å²) in [7, 11) is 0.694. The molecule has 3 rings (SSSR count). The SMILES string of the molecule is CCNC(=NCCS(=O)c1ccccc1)N1CCN(c2ccccc2OC)CC1. The lowest BCUT2D eigenvalue weighted by molar-refractivity contribution is 0.367. The Hall–Kier alpha value is -2.54. The van der Waals surface area contributed by atoms with Crippen LogP contribution in [0.25, 0.3) is 0 Å². The van der Waals surface area contributed by atoms with Crippen molar-refractivity contribution in [3.05, 3.63) is 54.6 Å². The van der Waals surface area contributed by atoms with Crippen LogP contribution in [0.1, 0.15) is 6.92 Å². The second kappa shape index (κ2) is 10.9. The Balaban J connectivity index is 1.57. The molecular weight excluding hydrogens is 384 g/mol. The number of rotatable bonds is 7. The highest BCUT2D eigenvalue weighted by atomic mass is 32.2. The van der Waals surface area contributed by atoms with E-state index in [0.29, 0.717) is 12.3 Å². The maximum atomic E-state index is 12.4. The normalized spacial score (nSPS) is 15.9. The predicted octanol–water partition coefficient (Wildman–Crippen LogP) is 2.59. The zero-order chi connectivity index (χ0) is 20.5. The van der Waals surface area contributed by atoms with Gasteiger partial charge in [0.2, 0.25) is 0 Å². The van der Waals surface area contributed by atoms with Gasteiger partial charge in [-0.3, -0.25) is 9.20 Å². The van der Waals surface area contributed by atoms with Crippen molar-refractivity contribution in [2.24, 2.45) is 4.99 Å². The average Bonchev–Trinajstić information content (AvgIpc) is 2.79. The summed E-state index contributed by atoms with van der Waals surface area (Å²) in [4.78, 5) is 10.2. The van der Waals surface area contributed by atoms with Gasteiger partial charge in [0.05, 0.1) is 30.1 Å². The van der Waals surface area contributed by atoms with Crippen LogP contribution in [0.3, 0.4) is 0 Å². The minimum absolute atomic E-state index is 0.528. The van der Waals surface area contributed by atoms with Crippen LogP contribution in [-0.4, -0.2) is 67.2 Å². The summed E-state index contributed by atoms with van der Waals surface area (Å²) in [5.41, 5.74) is 1.13. The number of guanidine groups is 1. The van der Waals surface area contributed by atoms with Crippen molar-refractivity contribution in [2.45, 2.75) is 11.8 Å². The highest BCUT2D eigenvalue weighted by molar-refractivity contribution is 7.85. The van der Waals surface area contributed by atoms with Gasteiger partial charge < -0.3 is 19.9 Å². The molecule has 1 fully saturated rings. The molecule has 1 unspecified atom stereocenters. The number of aliphatic imine (C=N–C) groups is 1. The van der Waals surface area contributed by atoms with E-state index in [1.807, 2.05) is 48.5 Å². The maximum Gasteiger partial charge on any atom is 0.194 e. The van der Waals surface area contributed by atoms with Crippen molar-refractivity contribution in [2.75, 3.05) is 57.0 Å². The van der Waals surface area contributed by atoms with Crippen LogP contribution in [0.2, 0.25) is 0 Å². The van der Waals surface area contributed by atoms with Gasteiger partial charge in [-0.15, -0.1) is 0 Å². The van der Waals surface area contributed by atoms with Crippen LogP contribution in [0.5, 0.6) is 5.75 Å². The Morgan fingerprint density at radius 2 is 1.76 bits per heavy atom. The summed E-state index contributed by atoms with van der Waals surface area (Å²) in [5.74, 6) is 2.34. The predicted molar refractivity (Wildman–Crippen MR) is 120 cm³/mol. The van der Waals surface area contributed by atoms with E-state index >= 15 is 0 Å². The van der Waals surface area contributed by atoms with Crippen molar-refractivity contribution < 1.29 is 8.95 Å². The van der Waals surface area contributed by atoms with E-state index in [2.05, 4.69) is 28.1 Å². The van der Waals surface area contributed by atoms with Crippen molar-refractivity contribution in [3.8, 4) is 5.75 Å². The first-order valence-electron chi connectivity index (χ1n) is 10.1. The molecule has 2 aromatic carbocycles. The second-order valence-electron chi connectivity index (χ2n) is 6.74. The van der Waals surface area contributed by atoms with Crippen LogP contribution in [0.15, 0.2) is 64.5 Å². The molecule has 1 heterocycles. The van der Waals surface area contributed by atoms with E-state index in [9.17, 15) is 4.21 Å². The van der Waals surface area contributed by atoms with Gasteiger partial charge in [0, 0.05) is 43.4 Å². The third kappa shape index (κ3) is 5.73. The van der Waals surface area contributed by atoms with Gasteiger partial charge in [-0.2, -0.15) is 0 Å².